The van der Waals surface area contributed by atoms with Crippen molar-refractivity contribution in [3.05, 3.63) is 24.3 Å². The molecule has 0 saturated heterocycles. The van der Waals surface area contributed by atoms with Gasteiger partial charge in [-0.2, -0.15) is 8.42 Å². The number of hydrogen-bond acceptors (Lipinski definition) is 5. The molecule has 96 valence electrons. The third-order valence-corrected chi connectivity index (χ3v) is 2.98. The van der Waals surface area contributed by atoms with Crippen LogP contribution in [-0.2, 0) is 10.1 Å². The van der Waals surface area contributed by atoms with Crippen LogP contribution in [0.2, 0.25) is 0 Å². The van der Waals surface area contributed by atoms with Crippen molar-refractivity contribution in [1.29, 1.82) is 0 Å². The number of rotatable bonds is 7. The van der Waals surface area contributed by atoms with E-state index in [4.69, 9.17) is 13.5 Å². The summed E-state index contributed by atoms with van der Waals surface area (Å²) in [5, 5.41) is 0. The van der Waals surface area contributed by atoms with Crippen LogP contribution in [0.1, 0.15) is 6.42 Å². The molecule has 0 atom stereocenters. The molecule has 0 bridgehead atoms. The Morgan fingerprint density at radius 2 is 1.82 bits per heavy atom. The SMILES string of the molecule is CSOc1ccc(OCCCS(=O)(=O)O)cc1. The molecule has 0 amide bonds. The van der Waals surface area contributed by atoms with E-state index in [1.807, 2.05) is 6.26 Å². The average molecular weight is 278 g/mol. The van der Waals surface area contributed by atoms with Crippen LogP contribution in [0, 0.1) is 0 Å². The molecule has 0 aliphatic rings. The van der Waals surface area contributed by atoms with Gasteiger partial charge in [0.25, 0.3) is 10.1 Å². The van der Waals surface area contributed by atoms with Gasteiger partial charge in [0.2, 0.25) is 0 Å². The van der Waals surface area contributed by atoms with Gasteiger partial charge < -0.3 is 8.92 Å². The minimum Gasteiger partial charge on any atom is -0.494 e. The van der Waals surface area contributed by atoms with Gasteiger partial charge in [0, 0.05) is 6.26 Å². The first-order valence-corrected chi connectivity index (χ1v) is 7.66. The Morgan fingerprint density at radius 1 is 1.24 bits per heavy atom. The lowest BCUT2D eigenvalue weighted by Gasteiger charge is -2.06. The maximum Gasteiger partial charge on any atom is 0.264 e. The van der Waals surface area contributed by atoms with Gasteiger partial charge in [-0.3, -0.25) is 4.55 Å². The van der Waals surface area contributed by atoms with E-state index in [9.17, 15) is 8.42 Å². The molecular weight excluding hydrogens is 264 g/mol. The lowest BCUT2D eigenvalue weighted by molar-refractivity contribution is 0.316. The lowest BCUT2D eigenvalue weighted by Crippen LogP contribution is -2.08. The minimum absolute atomic E-state index is 0.239. The van der Waals surface area contributed by atoms with Crippen molar-refractivity contribution in [2.24, 2.45) is 0 Å². The lowest BCUT2D eigenvalue weighted by atomic mass is 10.3. The third kappa shape index (κ3) is 6.40. The van der Waals surface area contributed by atoms with Crippen LogP contribution in [0.3, 0.4) is 0 Å². The summed E-state index contributed by atoms with van der Waals surface area (Å²) in [6.45, 7) is 0.239. The van der Waals surface area contributed by atoms with Crippen LogP contribution in [0.25, 0.3) is 0 Å². The Bertz CT molecular complexity index is 427. The minimum atomic E-state index is -3.90. The van der Waals surface area contributed by atoms with Crippen molar-refractivity contribution in [2.75, 3.05) is 18.6 Å². The maximum atomic E-state index is 10.4. The summed E-state index contributed by atoms with van der Waals surface area (Å²) in [6, 6.07) is 6.99. The molecule has 0 aliphatic heterocycles. The van der Waals surface area contributed by atoms with E-state index in [1.165, 1.54) is 12.0 Å². The Kier molecular flexibility index (Phi) is 5.60. The molecule has 0 heterocycles. The average Bonchev–Trinajstić information content (AvgIpc) is 2.26. The van der Waals surface area contributed by atoms with Crippen LogP contribution < -0.4 is 8.92 Å². The molecule has 0 aromatic heterocycles. The Labute approximate surface area is 105 Å². The van der Waals surface area contributed by atoms with Crippen molar-refractivity contribution in [3.63, 3.8) is 0 Å². The van der Waals surface area contributed by atoms with E-state index >= 15 is 0 Å². The zero-order chi connectivity index (χ0) is 12.7. The maximum absolute atomic E-state index is 10.4. The molecule has 0 spiro atoms. The van der Waals surface area contributed by atoms with Crippen molar-refractivity contribution >= 4 is 22.2 Å². The van der Waals surface area contributed by atoms with Gasteiger partial charge in [0.1, 0.15) is 11.5 Å². The van der Waals surface area contributed by atoms with Gasteiger partial charge in [0.05, 0.1) is 24.4 Å². The summed E-state index contributed by atoms with van der Waals surface area (Å²) >= 11 is 1.25. The molecule has 0 fully saturated rings. The van der Waals surface area contributed by atoms with E-state index in [0.717, 1.165) is 5.75 Å². The topological polar surface area (TPSA) is 72.8 Å². The second-order valence-electron chi connectivity index (χ2n) is 3.21. The Balaban J connectivity index is 2.32. The highest BCUT2D eigenvalue weighted by atomic mass is 32.2. The van der Waals surface area contributed by atoms with Crippen molar-refractivity contribution in [1.82, 2.24) is 0 Å². The highest BCUT2D eigenvalue weighted by Crippen LogP contribution is 2.19. The molecule has 17 heavy (non-hydrogen) atoms. The highest BCUT2D eigenvalue weighted by Gasteiger charge is 2.03. The summed E-state index contributed by atoms with van der Waals surface area (Å²) in [7, 11) is -3.90. The smallest absolute Gasteiger partial charge is 0.264 e. The van der Waals surface area contributed by atoms with Gasteiger partial charge in [-0.1, -0.05) is 0 Å². The van der Waals surface area contributed by atoms with Crippen LogP contribution in [0.5, 0.6) is 11.5 Å². The quantitative estimate of drug-likeness (QED) is 0.467. The fourth-order valence-electron chi connectivity index (χ4n) is 1.12. The summed E-state index contributed by atoms with van der Waals surface area (Å²) in [5.74, 6) is 1.07. The number of benzene rings is 1. The fourth-order valence-corrected chi connectivity index (χ4v) is 1.91. The molecule has 0 radical (unpaired) electrons. The van der Waals surface area contributed by atoms with E-state index in [2.05, 4.69) is 0 Å². The van der Waals surface area contributed by atoms with Crippen LogP contribution in [0.4, 0.5) is 0 Å². The summed E-state index contributed by atoms with van der Waals surface area (Å²) < 4.78 is 39.9. The van der Waals surface area contributed by atoms with Gasteiger partial charge in [-0.25, -0.2) is 0 Å². The second-order valence-corrected chi connectivity index (χ2v) is 5.28. The van der Waals surface area contributed by atoms with E-state index in [1.54, 1.807) is 24.3 Å². The molecule has 0 saturated carbocycles. The molecule has 1 rings (SSSR count). The van der Waals surface area contributed by atoms with Crippen LogP contribution >= 0.6 is 12.0 Å². The number of hydrogen-bond donors (Lipinski definition) is 1. The molecule has 1 aromatic rings. The van der Waals surface area contributed by atoms with Crippen molar-refractivity contribution < 1.29 is 21.9 Å². The molecule has 1 aromatic carbocycles. The van der Waals surface area contributed by atoms with Gasteiger partial charge in [-0.15, -0.1) is 0 Å². The molecule has 0 aliphatic carbocycles. The first kappa shape index (κ1) is 14.1. The summed E-state index contributed by atoms with van der Waals surface area (Å²) in [5.41, 5.74) is 0. The predicted octanol–water partition coefficient (Wildman–Crippen LogP) is 2.00. The highest BCUT2D eigenvalue weighted by molar-refractivity contribution is 7.94. The van der Waals surface area contributed by atoms with E-state index in [-0.39, 0.29) is 18.8 Å². The fraction of sp³-hybridized carbons (Fsp3) is 0.400. The third-order valence-electron chi connectivity index (χ3n) is 1.82. The monoisotopic (exact) mass is 278 g/mol. The normalized spacial score (nSPS) is 11.2. The summed E-state index contributed by atoms with van der Waals surface area (Å²) in [4.78, 5) is 0. The molecular formula is C10H14O5S2. The van der Waals surface area contributed by atoms with Crippen LogP contribution in [0.15, 0.2) is 24.3 Å². The van der Waals surface area contributed by atoms with Gasteiger partial charge >= 0.3 is 0 Å². The van der Waals surface area contributed by atoms with Gasteiger partial charge in [0.15, 0.2) is 0 Å². The molecule has 5 nitrogen and oxygen atoms in total. The molecule has 7 heteroatoms. The van der Waals surface area contributed by atoms with E-state index in [0.29, 0.717) is 5.75 Å². The van der Waals surface area contributed by atoms with Crippen molar-refractivity contribution in [2.45, 2.75) is 6.42 Å². The molecule has 1 N–H and O–H groups in total. The number of ether oxygens (including phenoxy) is 1. The zero-order valence-corrected chi connectivity index (χ0v) is 11.0. The Morgan fingerprint density at radius 3 is 2.35 bits per heavy atom. The van der Waals surface area contributed by atoms with Crippen LogP contribution in [-0.4, -0.2) is 31.6 Å². The zero-order valence-electron chi connectivity index (χ0n) is 9.33. The Hall–Kier alpha value is -0.920. The van der Waals surface area contributed by atoms with Gasteiger partial charge in [-0.05, 0) is 30.7 Å². The van der Waals surface area contributed by atoms with E-state index < -0.39 is 10.1 Å². The first-order valence-electron chi connectivity index (χ1n) is 4.90. The molecule has 0 unspecified atom stereocenters. The first-order chi connectivity index (χ1) is 8.01. The summed E-state index contributed by atoms with van der Waals surface area (Å²) in [6.07, 6.45) is 2.07. The predicted molar refractivity (Wildman–Crippen MR) is 67.1 cm³/mol. The standard InChI is InChI=1S/C10H14O5S2/c1-16-15-10-5-3-9(4-6-10)14-7-2-8-17(11,12)13/h3-6H,2,7-8H2,1H3,(H,11,12,13). The van der Waals surface area contributed by atoms with Crippen molar-refractivity contribution in [3.8, 4) is 11.5 Å². The largest absolute Gasteiger partial charge is 0.494 e. The second kappa shape index (κ2) is 6.73.